The molecule has 0 radical (unpaired) electrons. The number of aryl methyl sites for hydroxylation is 1. The number of hydrogen-bond donors (Lipinski definition) is 2. The predicted molar refractivity (Wildman–Crippen MR) is 101 cm³/mol. The average molecular weight is 371 g/mol. The van der Waals surface area contributed by atoms with Gasteiger partial charge in [0.2, 0.25) is 0 Å². The van der Waals surface area contributed by atoms with Gasteiger partial charge in [0, 0.05) is 15.9 Å². The van der Waals surface area contributed by atoms with Crippen LogP contribution in [0.4, 0.5) is 0 Å². The topological polar surface area (TPSA) is 71.2 Å². The van der Waals surface area contributed by atoms with Crippen molar-refractivity contribution in [2.24, 2.45) is 0 Å². The summed E-state index contributed by atoms with van der Waals surface area (Å²) in [7, 11) is 1.32. The molecular formula is C20H19ClN2O3. The van der Waals surface area contributed by atoms with Crippen LogP contribution in [-0.2, 0) is 9.53 Å². The van der Waals surface area contributed by atoms with Crippen LogP contribution in [0.2, 0.25) is 5.02 Å². The van der Waals surface area contributed by atoms with Crippen LogP contribution in [0.15, 0.2) is 48.5 Å². The van der Waals surface area contributed by atoms with E-state index in [9.17, 15) is 9.59 Å². The van der Waals surface area contributed by atoms with E-state index in [0.29, 0.717) is 10.7 Å². The Balaban J connectivity index is 1.86. The monoisotopic (exact) mass is 370 g/mol. The number of aromatic nitrogens is 1. The standard InChI is InChI=1S/C20H19ClN2O3/c1-12-4-3-5-14-10-17(22-19(12)14)20(25)23-16(11-18(24)26-2)13-6-8-15(21)9-7-13/h3-10,16,22H,11H2,1-2H3,(H,23,25)/t16-/m0/s1. The van der Waals surface area contributed by atoms with Crippen LogP contribution in [-0.4, -0.2) is 24.0 Å². The Bertz CT molecular complexity index is 947. The number of esters is 1. The van der Waals surface area contributed by atoms with E-state index >= 15 is 0 Å². The van der Waals surface area contributed by atoms with E-state index in [1.165, 1.54) is 7.11 Å². The summed E-state index contributed by atoms with van der Waals surface area (Å²) in [5.74, 6) is -0.692. The fraction of sp³-hybridized carbons (Fsp3) is 0.200. The van der Waals surface area contributed by atoms with Gasteiger partial charge in [0.25, 0.3) is 5.91 Å². The number of ether oxygens (including phenoxy) is 1. The molecule has 2 aromatic carbocycles. The Morgan fingerprint density at radius 2 is 1.92 bits per heavy atom. The van der Waals surface area contributed by atoms with Gasteiger partial charge in [-0.25, -0.2) is 0 Å². The van der Waals surface area contributed by atoms with Gasteiger partial charge in [0.1, 0.15) is 5.69 Å². The van der Waals surface area contributed by atoms with Crippen molar-refractivity contribution in [3.05, 3.63) is 70.4 Å². The summed E-state index contributed by atoms with van der Waals surface area (Å²) in [6, 6.07) is 14.2. The van der Waals surface area contributed by atoms with E-state index in [1.807, 2.05) is 25.1 Å². The summed E-state index contributed by atoms with van der Waals surface area (Å²) in [6.45, 7) is 1.98. The zero-order valence-electron chi connectivity index (χ0n) is 14.5. The number of carbonyl (C=O) groups is 2. The minimum absolute atomic E-state index is 0.0309. The molecule has 0 bridgehead atoms. The maximum atomic E-state index is 12.7. The van der Waals surface area contributed by atoms with E-state index in [-0.39, 0.29) is 12.3 Å². The number of aromatic amines is 1. The van der Waals surface area contributed by atoms with Crippen LogP contribution in [0.3, 0.4) is 0 Å². The van der Waals surface area contributed by atoms with Crippen LogP contribution in [0, 0.1) is 6.92 Å². The van der Waals surface area contributed by atoms with Crippen molar-refractivity contribution in [3.8, 4) is 0 Å². The molecule has 0 unspecified atom stereocenters. The van der Waals surface area contributed by atoms with Gasteiger partial charge in [0.05, 0.1) is 19.6 Å². The van der Waals surface area contributed by atoms with Crippen LogP contribution in [0.1, 0.15) is 34.1 Å². The first kappa shape index (κ1) is 18.0. The third-order valence-electron chi connectivity index (χ3n) is 4.29. The third kappa shape index (κ3) is 3.89. The van der Waals surface area contributed by atoms with Gasteiger partial charge >= 0.3 is 5.97 Å². The Hall–Kier alpha value is -2.79. The Labute approximate surface area is 156 Å². The molecule has 0 fully saturated rings. The summed E-state index contributed by atoms with van der Waals surface area (Å²) < 4.78 is 4.75. The Morgan fingerprint density at radius 1 is 1.19 bits per heavy atom. The van der Waals surface area contributed by atoms with Gasteiger partial charge < -0.3 is 15.0 Å². The normalized spacial score (nSPS) is 12.0. The minimum Gasteiger partial charge on any atom is -0.469 e. The highest BCUT2D eigenvalue weighted by molar-refractivity contribution is 6.30. The zero-order valence-corrected chi connectivity index (χ0v) is 15.3. The summed E-state index contributed by atoms with van der Waals surface area (Å²) in [4.78, 5) is 27.6. The van der Waals surface area contributed by atoms with Crippen molar-refractivity contribution in [3.63, 3.8) is 0 Å². The van der Waals surface area contributed by atoms with Gasteiger partial charge in [-0.15, -0.1) is 0 Å². The quantitative estimate of drug-likeness (QED) is 0.662. The van der Waals surface area contributed by atoms with Crippen molar-refractivity contribution >= 4 is 34.4 Å². The molecule has 1 amide bonds. The van der Waals surface area contributed by atoms with Crippen molar-refractivity contribution in [2.45, 2.75) is 19.4 Å². The molecule has 6 heteroatoms. The molecule has 3 rings (SSSR count). The van der Waals surface area contributed by atoms with Crippen LogP contribution in [0.5, 0.6) is 0 Å². The summed E-state index contributed by atoms with van der Waals surface area (Å²) >= 11 is 5.93. The van der Waals surface area contributed by atoms with Crippen molar-refractivity contribution < 1.29 is 14.3 Å². The SMILES string of the molecule is COC(=O)C[C@H](NC(=O)c1cc2cccc(C)c2[nH]1)c1ccc(Cl)cc1. The number of H-pyrrole nitrogens is 1. The molecule has 5 nitrogen and oxygen atoms in total. The second-order valence-corrected chi connectivity index (χ2v) is 6.52. The van der Waals surface area contributed by atoms with Gasteiger partial charge in [-0.2, -0.15) is 0 Å². The predicted octanol–water partition coefficient (Wildman–Crippen LogP) is 4.16. The number of halogens is 1. The highest BCUT2D eigenvalue weighted by atomic mass is 35.5. The second kappa shape index (κ2) is 7.62. The first-order valence-corrected chi connectivity index (χ1v) is 8.57. The van der Waals surface area contributed by atoms with E-state index < -0.39 is 12.0 Å². The molecule has 1 heterocycles. The second-order valence-electron chi connectivity index (χ2n) is 6.08. The Kier molecular flexibility index (Phi) is 5.28. The lowest BCUT2D eigenvalue weighted by molar-refractivity contribution is -0.141. The minimum atomic E-state index is -0.514. The van der Waals surface area contributed by atoms with Crippen molar-refractivity contribution in [1.29, 1.82) is 0 Å². The van der Waals surface area contributed by atoms with E-state index in [1.54, 1.807) is 30.3 Å². The number of fused-ring (bicyclic) bond motifs is 1. The molecule has 0 aliphatic rings. The van der Waals surface area contributed by atoms with Crippen LogP contribution in [0.25, 0.3) is 10.9 Å². The number of para-hydroxylation sites is 1. The molecular weight excluding hydrogens is 352 g/mol. The maximum Gasteiger partial charge on any atom is 0.307 e. The number of nitrogens with one attached hydrogen (secondary N) is 2. The fourth-order valence-corrected chi connectivity index (χ4v) is 2.99. The fourth-order valence-electron chi connectivity index (χ4n) is 2.86. The molecule has 134 valence electrons. The average Bonchev–Trinajstić information content (AvgIpc) is 3.07. The number of benzene rings is 2. The number of rotatable bonds is 5. The summed E-state index contributed by atoms with van der Waals surface area (Å²) in [6.07, 6.45) is 0.0309. The highest BCUT2D eigenvalue weighted by Gasteiger charge is 2.21. The lowest BCUT2D eigenvalue weighted by Crippen LogP contribution is -2.30. The number of methoxy groups -OCH3 is 1. The lowest BCUT2D eigenvalue weighted by Gasteiger charge is -2.18. The third-order valence-corrected chi connectivity index (χ3v) is 4.54. The van der Waals surface area contributed by atoms with Crippen LogP contribution >= 0.6 is 11.6 Å². The first-order valence-electron chi connectivity index (χ1n) is 8.19. The van der Waals surface area contributed by atoms with Gasteiger partial charge in [-0.3, -0.25) is 9.59 Å². The molecule has 0 spiro atoms. The first-order chi connectivity index (χ1) is 12.5. The molecule has 0 saturated carbocycles. The van der Waals surface area contributed by atoms with Gasteiger partial charge in [-0.1, -0.05) is 41.9 Å². The summed E-state index contributed by atoms with van der Waals surface area (Å²) in [5.41, 5.74) is 3.21. The van der Waals surface area contributed by atoms with Gasteiger partial charge in [0.15, 0.2) is 0 Å². The van der Waals surface area contributed by atoms with Crippen molar-refractivity contribution in [1.82, 2.24) is 10.3 Å². The van der Waals surface area contributed by atoms with E-state index in [4.69, 9.17) is 16.3 Å². The van der Waals surface area contributed by atoms with E-state index in [2.05, 4.69) is 10.3 Å². The molecule has 1 atom stereocenters. The highest BCUT2D eigenvalue weighted by Crippen LogP contribution is 2.22. The zero-order chi connectivity index (χ0) is 18.7. The van der Waals surface area contributed by atoms with Crippen molar-refractivity contribution in [2.75, 3.05) is 7.11 Å². The number of amides is 1. The maximum absolute atomic E-state index is 12.7. The molecule has 0 aliphatic carbocycles. The molecule has 1 aromatic heterocycles. The molecule has 0 saturated heterocycles. The number of hydrogen-bond acceptors (Lipinski definition) is 3. The van der Waals surface area contributed by atoms with Crippen LogP contribution < -0.4 is 5.32 Å². The molecule has 0 aliphatic heterocycles. The molecule has 26 heavy (non-hydrogen) atoms. The molecule has 3 aromatic rings. The van der Waals surface area contributed by atoms with Gasteiger partial charge in [-0.05, 0) is 36.2 Å². The van der Waals surface area contributed by atoms with E-state index in [0.717, 1.165) is 22.0 Å². The largest absolute Gasteiger partial charge is 0.469 e. The Morgan fingerprint density at radius 3 is 2.58 bits per heavy atom. The summed E-state index contributed by atoms with van der Waals surface area (Å²) in [5, 5.41) is 4.45. The lowest BCUT2D eigenvalue weighted by atomic mass is 10.0. The number of carbonyl (C=O) groups excluding carboxylic acids is 2. The smallest absolute Gasteiger partial charge is 0.307 e. The molecule has 2 N–H and O–H groups in total.